The molecule has 0 unspecified atom stereocenters. The molecule has 0 saturated carbocycles. The molecule has 0 atom stereocenters. The lowest BCUT2D eigenvalue weighted by atomic mass is 9.74. The molecule has 0 bridgehead atoms. The number of hydrogen-bond donors (Lipinski definition) is 2. The van der Waals surface area contributed by atoms with Gasteiger partial charge in [-0.1, -0.05) is 6.07 Å². The van der Waals surface area contributed by atoms with E-state index in [1.165, 1.54) is 5.56 Å². The predicted molar refractivity (Wildman–Crippen MR) is 118 cm³/mol. The molecule has 2 N–H and O–H groups in total. The average Bonchev–Trinajstić information content (AvgIpc) is 3.25. The van der Waals surface area contributed by atoms with Gasteiger partial charge in [-0.25, -0.2) is 0 Å². The molecule has 1 aromatic carbocycles. The minimum atomic E-state index is -0.0200. The molecule has 2 aliphatic heterocycles. The lowest BCUT2D eigenvalue weighted by Gasteiger charge is -2.38. The molecule has 0 spiro atoms. The van der Waals surface area contributed by atoms with Crippen LogP contribution in [0.1, 0.15) is 24.8 Å². The van der Waals surface area contributed by atoms with Gasteiger partial charge in [-0.2, -0.15) is 0 Å². The van der Waals surface area contributed by atoms with E-state index in [1.54, 1.807) is 7.11 Å². The maximum Gasteiger partial charge on any atom is 0.231 e. The third-order valence-corrected chi connectivity index (χ3v) is 5.93. The van der Waals surface area contributed by atoms with Gasteiger partial charge in [0.1, 0.15) is 0 Å². The second-order valence-electron chi connectivity index (χ2n) is 7.96. The van der Waals surface area contributed by atoms with Gasteiger partial charge in [-0.05, 0) is 44.0 Å². The van der Waals surface area contributed by atoms with Crippen LogP contribution in [0.15, 0.2) is 23.2 Å². The van der Waals surface area contributed by atoms with E-state index < -0.39 is 0 Å². The summed E-state index contributed by atoms with van der Waals surface area (Å²) >= 11 is 0. The predicted octanol–water partition coefficient (Wildman–Crippen LogP) is 1.60. The Hall–Kier alpha value is -2.03. The number of hydrogen-bond acceptors (Lipinski definition) is 6. The molecule has 0 radical (unpaired) electrons. The molecule has 0 amide bonds. The lowest BCUT2D eigenvalue weighted by molar-refractivity contribution is 0.0513. The van der Waals surface area contributed by atoms with Crippen molar-refractivity contribution >= 4 is 5.96 Å². The normalized spacial score (nSPS) is 17.9. The van der Waals surface area contributed by atoms with Crippen molar-refractivity contribution in [3.63, 3.8) is 0 Å². The summed E-state index contributed by atoms with van der Waals surface area (Å²) < 4.78 is 21.9. The van der Waals surface area contributed by atoms with Crippen molar-refractivity contribution in [1.29, 1.82) is 0 Å². The molecule has 168 valence electrons. The van der Waals surface area contributed by atoms with Crippen molar-refractivity contribution in [3.8, 4) is 11.5 Å². The number of benzene rings is 1. The van der Waals surface area contributed by atoms with Gasteiger partial charge in [0.15, 0.2) is 17.5 Å². The van der Waals surface area contributed by atoms with Crippen LogP contribution in [0.5, 0.6) is 11.5 Å². The summed E-state index contributed by atoms with van der Waals surface area (Å²) in [6, 6.07) is 6.30. The molecule has 2 aliphatic rings. The van der Waals surface area contributed by atoms with E-state index in [1.807, 2.05) is 13.1 Å². The molecule has 30 heavy (non-hydrogen) atoms. The molecule has 8 heteroatoms. The number of nitrogens with one attached hydrogen (secondary N) is 2. The highest BCUT2D eigenvalue weighted by Crippen LogP contribution is 2.40. The Morgan fingerprint density at radius 2 is 1.97 bits per heavy atom. The molecule has 2 heterocycles. The molecule has 1 saturated heterocycles. The summed E-state index contributed by atoms with van der Waals surface area (Å²) in [6.45, 7) is 6.21. The SMILES string of the molecule is CN=C(NCCN(C)CCCOC)NCC1(c2ccc3c(c2)OCO3)CCOCC1. The number of aliphatic imine (C=N–C) groups is 1. The van der Waals surface area contributed by atoms with E-state index in [0.29, 0.717) is 6.79 Å². The Kier molecular flexibility index (Phi) is 8.60. The molecule has 8 nitrogen and oxygen atoms in total. The van der Waals surface area contributed by atoms with Crippen molar-refractivity contribution in [3.05, 3.63) is 23.8 Å². The second-order valence-corrected chi connectivity index (χ2v) is 7.96. The van der Waals surface area contributed by atoms with E-state index in [-0.39, 0.29) is 5.41 Å². The van der Waals surface area contributed by atoms with Gasteiger partial charge in [0.25, 0.3) is 0 Å². The van der Waals surface area contributed by atoms with Gasteiger partial charge in [0.2, 0.25) is 6.79 Å². The van der Waals surface area contributed by atoms with E-state index in [4.69, 9.17) is 18.9 Å². The number of methoxy groups -OCH3 is 1. The Morgan fingerprint density at radius 3 is 2.73 bits per heavy atom. The fourth-order valence-electron chi connectivity index (χ4n) is 3.99. The molecule has 3 rings (SSSR count). The highest BCUT2D eigenvalue weighted by Gasteiger charge is 2.35. The van der Waals surface area contributed by atoms with Crippen LogP contribution in [-0.2, 0) is 14.9 Å². The average molecular weight is 421 g/mol. The van der Waals surface area contributed by atoms with Crippen LogP contribution < -0.4 is 20.1 Å². The Labute approximate surface area is 179 Å². The van der Waals surface area contributed by atoms with Crippen molar-refractivity contribution < 1.29 is 18.9 Å². The van der Waals surface area contributed by atoms with Gasteiger partial charge in [-0.15, -0.1) is 0 Å². The zero-order valence-corrected chi connectivity index (χ0v) is 18.5. The third kappa shape index (κ3) is 6.00. The molecular weight excluding hydrogens is 384 g/mol. The quantitative estimate of drug-likeness (QED) is 0.338. The first-order valence-corrected chi connectivity index (χ1v) is 10.8. The number of ether oxygens (including phenoxy) is 4. The van der Waals surface area contributed by atoms with Crippen LogP contribution in [0.2, 0.25) is 0 Å². The standard InChI is InChI=1S/C22H36N4O4/c1-23-21(24-9-11-26(2)10-4-12-27-3)25-16-22(7-13-28-14-8-22)18-5-6-19-20(15-18)30-17-29-19/h5-6,15H,4,7-14,16-17H2,1-3H3,(H2,23,24,25). The summed E-state index contributed by atoms with van der Waals surface area (Å²) in [5, 5.41) is 6.98. The molecule has 0 aromatic heterocycles. The van der Waals surface area contributed by atoms with Gasteiger partial charge < -0.3 is 34.5 Å². The van der Waals surface area contributed by atoms with Crippen LogP contribution in [0.3, 0.4) is 0 Å². The lowest BCUT2D eigenvalue weighted by Crippen LogP contribution is -2.49. The van der Waals surface area contributed by atoms with Gasteiger partial charge >= 0.3 is 0 Å². The van der Waals surface area contributed by atoms with Crippen molar-refractivity contribution in [2.45, 2.75) is 24.7 Å². The van der Waals surface area contributed by atoms with Gasteiger partial charge in [0, 0.05) is 65.6 Å². The number of guanidine groups is 1. The Balaban J connectivity index is 1.55. The zero-order chi connectivity index (χ0) is 21.2. The molecular formula is C22H36N4O4. The summed E-state index contributed by atoms with van der Waals surface area (Å²) in [5.74, 6) is 2.48. The van der Waals surface area contributed by atoms with E-state index >= 15 is 0 Å². The van der Waals surface area contributed by atoms with Crippen LogP contribution in [0.4, 0.5) is 0 Å². The van der Waals surface area contributed by atoms with Crippen molar-refractivity contribution in [1.82, 2.24) is 15.5 Å². The largest absolute Gasteiger partial charge is 0.454 e. The first-order valence-electron chi connectivity index (χ1n) is 10.8. The first kappa shape index (κ1) is 22.7. The zero-order valence-electron chi connectivity index (χ0n) is 18.5. The molecule has 1 aromatic rings. The van der Waals surface area contributed by atoms with Crippen LogP contribution in [0.25, 0.3) is 0 Å². The van der Waals surface area contributed by atoms with Crippen LogP contribution >= 0.6 is 0 Å². The fourth-order valence-corrected chi connectivity index (χ4v) is 3.99. The topological polar surface area (TPSA) is 76.6 Å². The highest BCUT2D eigenvalue weighted by atomic mass is 16.7. The second kappa shape index (κ2) is 11.4. The van der Waals surface area contributed by atoms with Gasteiger partial charge in [0.05, 0.1) is 0 Å². The maximum atomic E-state index is 5.66. The fraction of sp³-hybridized carbons (Fsp3) is 0.682. The minimum Gasteiger partial charge on any atom is -0.454 e. The molecule has 1 fully saturated rings. The first-order chi connectivity index (χ1) is 14.7. The highest BCUT2D eigenvalue weighted by molar-refractivity contribution is 5.79. The summed E-state index contributed by atoms with van der Waals surface area (Å²) in [7, 11) is 5.69. The van der Waals surface area contributed by atoms with Gasteiger partial charge in [-0.3, -0.25) is 4.99 Å². The van der Waals surface area contributed by atoms with E-state index in [9.17, 15) is 0 Å². The smallest absolute Gasteiger partial charge is 0.231 e. The number of fused-ring (bicyclic) bond motifs is 1. The summed E-state index contributed by atoms with van der Waals surface area (Å²) in [6.07, 6.45) is 2.96. The number of likely N-dealkylation sites (N-methyl/N-ethyl adjacent to an activating group) is 1. The summed E-state index contributed by atoms with van der Waals surface area (Å²) in [5.41, 5.74) is 1.24. The Bertz CT molecular complexity index is 692. The van der Waals surface area contributed by atoms with Crippen LogP contribution in [-0.4, -0.2) is 84.9 Å². The monoisotopic (exact) mass is 420 g/mol. The van der Waals surface area contributed by atoms with E-state index in [0.717, 1.165) is 82.7 Å². The van der Waals surface area contributed by atoms with Crippen molar-refractivity contribution in [2.75, 3.05) is 74.0 Å². The molecule has 0 aliphatic carbocycles. The summed E-state index contributed by atoms with van der Waals surface area (Å²) in [4.78, 5) is 6.70. The minimum absolute atomic E-state index is 0.0200. The Morgan fingerprint density at radius 1 is 1.17 bits per heavy atom. The van der Waals surface area contributed by atoms with Crippen molar-refractivity contribution in [2.24, 2.45) is 4.99 Å². The van der Waals surface area contributed by atoms with Crippen LogP contribution in [0, 0.1) is 0 Å². The third-order valence-electron chi connectivity index (χ3n) is 5.93. The number of rotatable bonds is 10. The van der Waals surface area contributed by atoms with E-state index in [2.05, 4.69) is 39.7 Å². The maximum absolute atomic E-state index is 5.66. The number of nitrogens with zero attached hydrogens (tertiary/aromatic N) is 2.